The van der Waals surface area contributed by atoms with Gasteiger partial charge >= 0.3 is 6.09 Å². The third-order valence-electron chi connectivity index (χ3n) is 7.38. The Bertz CT molecular complexity index is 1190. The number of phenolic OH excluding ortho intramolecular Hbond substituents is 1. The van der Waals surface area contributed by atoms with Gasteiger partial charge in [0.05, 0.1) is 0 Å². The number of amides is 3. The molecular formula is C35H53N3O5. The van der Waals surface area contributed by atoms with Crippen LogP contribution >= 0.6 is 0 Å². The summed E-state index contributed by atoms with van der Waals surface area (Å²) in [6, 6.07) is 11.9. The third kappa shape index (κ3) is 11.6. The Morgan fingerprint density at radius 3 is 2.09 bits per heavy atom. The van der Waals surface area contributed by atoms with Crippen LogP contribution in [0.15, 0.2) is 48.5 Å². The summed E-state index contributed by atoms with van der Waals surface area (Å²) >= 11 is 0. The van der Waals surface area contributed by atoms with Crippen LogP contribution in [0.2, 0.25) is 0 Å². The quantitative estimate of drug-likeness (QED) is 0.222. The number of hydrogen-bond acceptors (Lipinski definition) is 5. The van der Waals surface area contributed by atoms with Crippen LogP contribution in [0.5, 0.6) is 5.75 Å². The van der Waals surface area contributed by atoms with Gasteiger partial charge in [-0.3, -0.25) is 9.59 Å². The lowest BCUT2D eigenvalue weighted by Gasteiger charge is -2.39. The largest absolute Gasteiger partial charge is 0.508 e. The van der Waals surface area contributed by atoms with E-state index in [0.717, 1.165) is 36.0 Å². The van der Waals surface area contributed by atoms with Gasteiger partial charge in [0.15, 0.2) is 0 Å². The van der Waals surface area contributed by atoms with Crippen molar-refractivity contribution in [1.82, 2.24) is 15.5 Å². The second kappa shape index (κ2) is 16.3. The van der Waals surface area contributed by atoms with E-state index in [-0.39, 0.29) is 36.1 Å². The van der Waals surface area contributed by atoms with E-state index in [1.54, 1.807) is 49.9 Å². The molecule has 0 aliphatic rings. The van der Waals surface area contributed by atoms with Gasteiger partial charge in [0.1, 0.15) is 23.4 Å². The number of aryl methyl sites for hydroxylation is 1. The molecule has 0 heterocycles. The fourth-order valence-corrected chi connectivity index (χ4v) is 5.15. The van der Waals surface area contributed by atoms with Crippen molar-refractivity contribution in [2.75, 3.05) is 0 Å². The van der Waals surface area contributed by atoms with Crippen molar-refractivity contribution in [2.24, 2.45) is 5.92 Å². The summed E-state index contributed by atoms with van der Waals surface area (Å²) in [7, 11) is 0. The Hall–Kier alpha value is -3.55. The summed E-state index contributed by atoms with van der Waals surface area (Å²) in [5.41, 5.74) is 1.62. The fraction of sp³-hybridized carbons (Fsp3) is 0.571. The first-order valence-electron chi connectivity index (χ1n) is 15.6. The predicted octanol–water partition coefficient (Wildman–Crippen LogP) is 6.84. The molecule has 0 saturated carbocycles. The van der Waals surface area contributed by atoms with Crippen LogP contribution in [-0.2, 0) is 20.7 Å². The first-order chi connectivity index (χ1) is 20.1. The van der Waals surface area contributed by atoms with Gasteiger partial charge < -0.3 is 25.4 Å². The van der Waals surface area contributed by atoms with Crippen LogP contribution in [0.4, 0.5) is 4.79 Å². The number of nitrogens with zero attached hydrogens (tertiary/aromatic N) is 1. The van der Waals surface area contributed by atoms with Gasteiger partial charge in [-0.15, -0.1) is 0 Å². The van der Waals surface area contributed by atoms with E-state index in [0.29, 0.717) is 12.3 Å². The molecule has 2 rings (SSSR count). The molecule has 8 nitrogen and oxygen atoms in total. The van der Waals surface area contributed by atoms with Crippen LogP contribution < -0.4 is 10.6 Å². The van der Waals surface area contributed by atoms with Gasteiger partial charge in [-0.2, -0.15) is 0 Å². The number of carbonyl (C=O) groups is 3. The maximum Gasteiger partial charge on any atom is 0.408 e. The number of phenols is 1. The Balaban J connectivity index is 2.67. The Morgan fingerprint density at radius 1 is 0.907 bits per heavy atom. The standard InChI is InChI=1S/C35H53N3O5/c1-10-13-25(5)36-32(40)31(29-15-12-11-14-24(29)4)38(26(6)17-16-23(2)3)33(41)30(37-34(42)43-35(7,8)9)22-27-18-20-28(39)21-19-27/h11-12,14-15,18-21,23,25-26,30-31,39H,10,13,16-17,22H2,1-9H3,(H,36,40)(H,37,42). The molecule has 8 heteroatoms. The maximum atomic E-state index is 14.8. The van der Waals surface area contributed by atoms with Crippen LogP contribution in [0, 0.1) is 12.8 Å². The van der Waals surface area contributed by atoms with E-state index in [1.165, 1.54) is 0 Å². The first kappa shape index (κ1) is 35.6. The second-order valence-electron chi connectivity index (χ2n) is 13.1. The van der Waals surface area contributed by atoms with E-state index in [4.69, 9.17) is 4.74 Å². The summed E-state index contributed by atoms with van der Waals surface area (Å²) in [6.45, 7) is 17.5. The van der Waals surface area contributed by atoms with Gasteiger partial charge in [0.25, 0.3) is 0 Å². The number of aromatic hydroxyl groups is 1. The molecule has 3 N–H and O–H groups in total. The minimum absolute atomic E-state index is 0.0698. The molecule has 0 spiro atoms. The zero-order valence-corrected chi connectivity index (χ0v) is 27.6. The van der Waals surface area contributed by atoms with E-state index in [9.17, 15) is 19.5 Å². The molecule has 2 aromatic carbocycles. The van der Waals surface area contributed by atoms with Crippen molar-refractivity contribution < 1.29 is 24.2 Å². The van der Waals surface area contributed by atoms with Crippen LogP contribution in [-0.4, -0.2) is 51.6 Å². The Morgan fingerprint density at radius 2 is 1.53 bits per heavy atom. The highest BCUT2D eigenvalue weighted by Gasteiger charge is 2.39. The third-order valence-corrected chi connectivity index (χ3v) is 7.38. The zero-order valence-electron chi connectivity index (χ0n) is 27.6. The van der Waals surface area contributed by atoms with Crippen molar-refractivity contribution in [3.8, 4) is 5.75 Å². The molecular weight excluding hydrogens is 542 g/mol. The number of ether oxygens (including phenoxy) is 1. The first-order valence-corrected chi connectivity index (χ1v) is 15.6. The van der Waals surface area contributed by atoms with Gasteiger partial charge in [0, 0.05) is 18.5 Å². The van der Waals surface area contributed by atoms with Gasteiger partial charge in [0.2, 0.25) is 11.8 Å². The Kier molecular flexibility index (Phi) is 13.5. The predicted molar refractivity (Wildman–Crippen MR) is 172 cm³/mol. The number of hydrogen-bond donors (Lipinski definition) is 3. The molecule has 0 bridgehead atoms. The molecule has 0 aliphatic carbocycles. The topological polar surface area (TPSA) is 108 Å². The van der Waals surface area contributed by atoms with Gasteiger partial charge in [-0.25, -0.2) is 4.79 Å². The molecule has 2 aromatic rings. The maximum absolute atomic E-state index is 14.8. The molecule has 0 fully saturated rings. The van der Waals surface area contributed by atoms with Gasteiger partial charge in [-0.1, -0.05) is 63.6 Å². The summed E-state index contributed by atoms with van der Waals surface area (Å²) < 4.78 is 5.55. The summed E-state index contributed by atoms with van der Waals surface area (Å²) in [5.74, 6) is -0.113. The van der Waals surface area contributed by atoms with E-state index >= 15 is 0 Å². The summed E-state index contributed by atoms with van der Waals surface area (Å²) in [4.78, 5) is 43.6. The molecule has 4 atom stereocenters. The number of rotatable bonds is 14. The van der Waals surface area contributed by atoms with Crippen LogP contribution in [0.1, 0.15) is 104 Å². The highest BCUT2D eigenvalue weighted by molar-refractivity contribution is 5.92. The van der Waals surface area contributed by atoms with E-state index in [1.807, 2.05) is 45.0 Å². The number of alkyl carbamates (subject to hydrolysis) is 1. The minimum atomic E-state index is -1.02. The lowest BCUT2D eigenvalue weighted by atomic mass is 9.93. The minimum Gasteiger partial charge on any atom is -0.508 e. The smallest absolute Gasteiger partial charge is 0.408 e. The van der Waals surface area contributed by atoms with E-state index in [2.05, 4.69) is 31.4 Å². The summed E-state index contributed by atoms with van der Waals surface area (Å²) in [5, 5.41) is 15.8. The normalized spacial score (nSPS) is 14.4. The average Bonchev–Trinajstić information content (AvgIpc) is 2.90. The molecule has 4 unspecified atom stereocenters. The number of nitrogens with one attached hydrogen (secondary N) is 2. The lowest BCUT2D eigenvalue weighted by Crippen LogP contribution is -2.56. The van der Waals surface area contributed by atoms with Crippen LogP contribution in [0.3, 0.4) is 0 Å². The highest BCUT2D eigenvalue weighted by atomic mass is 16.6. The molecule has 0 aromatic heterocycles. The monoisotopic (exact) mass is 595 g/mol. The van der Waals surface area contributed by atoms with Crippen LogP contribution in [0.25, 0.3) is 0 Å². The second-order valence-corrected chi connectivity index (χ2v) is 13.1. The highest BCUT2D eigenvalue weighted by Crippen LogP contribution is 2.30. The van der Waals surface area contributed by atoms with Crippen molar-refractivity contribution in [3.63, 3.8) is 0 Å². The van der Waals surface area contributed by atoms with Crippen molar-refractivity contribution in [2.45, 2.75) is 124 Å². The van der Waals surface area contributed by atoms with Crippen molar-refractivity contribution >= 4 is 17.9 Å². The molecule has 0 saturated heterocycles. The number of benzene rings is 2. The zero-order chi connectivity index (χ0) is 32.3. The lowest BCUT2D eigenvalue weighted by molar-refractivity contribution is -0.145. The number of carbonyl (C=O) groups excluding carboxylic acids is 3. The molecule has 3 amide bonds. The van der Waals surface area contributed by atoms with E-state index < -0.39 is 23.8 Å². The average molecular weight is 596 g/mol. The fourth-order valence-electron chi connectivity index (χ4n) is 5.15. The summed E-state index contributed by atoms with van der Waals surface area (Å²) in [6.07, 6.45) is 2.71. The van der Waals surface area contributed by atoms with Crippen molar-refractivity contribution in [1.29, 1.82) is 0 Å². The van der Waals surface area contributed by atoms with Crippen molar-refractivity contribution in [3.05, 3.63) is 65.2 Å². The Labute approximate surface area is 258 Å². The SMILES string of the molecule is CCCC(C)NC(=O)C(c1ccccc1C)N(C(=O)C(Cc1ccc(O)cc1)NC(=O)OC(C)(C)C)C(C)CCC(C)C. The molecule has 43 heavy (non-hydrogen) atoms. The van der Waals surface area contributed by atoms with Gasteiger partial charge in [-0.05, 0) is 95.5 Å². The molecule has 0 aliphatic heterocycles. The molecule has 238 valence electrons. The molecule has 0 radical (unpaired) electrons.